The van der Waals surface area contributed by atoms with Gasteiger partial charge in [-0.3, -0.25) is 4.79 Å². The Morgan fingerprint density at radius 1 is 1.56 bits per heavy atom. The molecule has 0 spiro atoms. The highest BCUT2D eigenvalue weighted by Gasteiger charge is 2.25. The van der Waals surface area contributed by atoms with Crippen LogP contribution in [0.15, 0.2) is 22.7 Å². The molecular formula is C13H15BrClNO2. The first-order valence-corrected chi connectivity index (χ1v) is 7.14. The molecule has 1 fully saturated rings. The lowest BCUT2D eigenvalue weighted by Gasteiger charge is -2.32. The van der Waals surface area contributed by atoms with E-state index < -0.39 is 0 Å². The summed E-state index contributed by atoms with van der Waals surface area (Å²) in [6.45, 7) is 1.50. The van der Waals surface area contributed by atoms with Gasteiger partial charge in [0.1, 0.15) is 0 Å². The van der Waals surface area contributed by atoms with Gasteiger partial charge in [0.25, 0.3) is 5.91 Å². The third-order valence-electron chi connectivity index (χ3n) is 3.22. The zero-order valence-electron chi connectivity index (χ0n) is 9.90. The summed E-state index contributed by atoms with van der Waals surface area (Å²) in [7, 11) is 0. The Balaban J connectivity index is 2.17. The van der Waals surface area contributed by atoms with Gasteiger partial charge in [-0.25, -0.2) is 0 Å². The van der Waals surface area contributed by atoms with Gasteiger partial charge in [-0.2, -0.15) is 0 Å². The number of aliphatic hydroxyl groups excluding tert-OH is 1. The Morgan fingerprint density at radius 2 is 2.33 bits per heavy atom. The molecule has 1 atom stereocenters. The molecule has 98 valence electrons. The molecule has 5 heteroatoms. The van der Waals surface area contributed by atoms with Crippen LogP contribution in [0, 0.1) is 5.92 Å². The monoisotopic (exact) mass is 331 g/mol. The molecule has 1 aliphatic heterocycles. The first kappa shape index (κ1) is 13.8. The Hall–Kier alpha value is -0.580. The third-order valence-corrected chi connectivity index (χ3v) is 4.15. The molecule has 1 heterocycles. The van der Waals surface area contributed by atoms with E-state index in [0.29, 0.717) is 17.1 Å². The molecule has 0 aromatic heterocycles. The van der Waals surface area contributed by atoms with Crippen LogP contribution < -0.4 is 0 Å². The minimum Gasteiger partial charge on any atom is -0.396 e. The van der Waals surface area contributed by atoms with Crippen molar-refractivity contribution in [2.45, 2.75) is 12.8 Å². The lowest BCUT2D eigenvalue weighted by Crippen LogP contribution is -2.41. The smallest absolute Gasteiger partial charge is 0.255 e. The number of hydrogen-bond donors (Lipinski definition) is 1. The molecule has 0 bridgehead atoms. The van der Waals surface area contributed by atoms with Crippen molar-refractivity contribution in [1.29, 1.82) is 0 Å². The van der Waals surface area contributed by atoms with Crippen molar-refractivity contribution in [1.82, 2.24) is 4.90 Å². The van der Waals surface area contributed by atoms with Crippen molar-refractivity contribution in [3.63, 3.8) is 0 Å². The second kappa shape index (κ2) is 6.04. The number of benzene rings is 1. The van der Waals surface area contributed by atoms with Crippen LogP contribution in [0.2, 0.25) is 5.02 Å². The number of carbonyl (C=O) groups excluding carboxylic acids is 1. The Labute approximate surface area is 120 Å². The Morgan fingerprint density at radius 3 is 3.06 bits per heavy atom. The predicted octanol–water partition coefficient (Wildman–Crippen LogP) is 2.95. The lowest BCUT2D eigenvalue weighted by molar-refractivity contribution is 0.0620. The first-order valence-electron chi connectivity index (χ1n) is 5.97. The minimum atomic E-state index is -0.0254. The van der Waals surface area contributed by atoms with Gasteiger partial charge >= 0.3 is 0 Å². The van der Waals surface area contributed by atoms with E-state index in [2.05, 4.69) is 15.9 Å². The number of rotatable bonds is 2. The molecular weight excluding hydrogens is 318 g/mol. The summed E-state index contributed by atoms with van der Waals surface area (Å²) in [5.41, 5.74) is 0.584. The maximum Gasteiger partial charge on any atom is 0.255 e. The van der Waals surface area contributed by atoms with Crippen molar-refractivity contribution in [3.05, 3.63) is 33.3 Å². The van der Waals surface area contributed by atoms with Crippen molar-refractivity contribution in [3.8, 4) is 0 Å². The molecule has 1 amide bonds. The Bertz CT molecular complexity index is 453. The molecule has 0 aliphatic carbocycles. The molecule has 3 nitrogen and oxygen atoms in total. The van der Waals surface area contributed by atoms with E-state index in [1.807, 2.05) is 0 Å². The van der Waals surface area contributed by atoms with Crippen LogP contribution in [-0.2, 0) is 0 Å². The van der Waals surface area contributed by atoms with E-state index in [4.69, 9.17) is 11.6 Å². The number of amides is 1. The molecule has 18 heavy (non-hydrogen) atoms. The summed E-state index contributed by atoms with van der Waals surface area (Å²) in [6.07, 6.45) is 1.92. The van der Waals surface area contributed by atoms with E-state index in [0.717, 1.165) is 23.9 Å². The summed E-state index contributed by atoms with van der Waals surface area (Å²) in [5, 5.41) is 9.74. The fourth-order valence-corrected chi connectivity index (χ4v) is 2.82. The van der Waals surface area contributed by atoms with Crippen LogP contribution in [0.25, 0.3) is 0 Å². The second-order valence-electron chi connectivity index (χ2n) is 4.57. The number of aliphatic hydroxyl groups is 1. The quantitative estimate of drug-likeness (QED) is 0.904. The normalized spacial score (nSPS) is 19.9. The average Bonchev–Trinajstić information content (AvgIpc) is 2.41. The van der Waals surface area contributed by atoms with Gasteiger partial charge in [0.05, 0.1) is 5.56 Å². The number of piperidine rings is 1. The van der Waals surface area contributed by atoms with E-state index in [1.54, 1.807) is 23.1 Å². The van der Waals surface area contributed by atoms with Gasteiger partial charge in [-0.05, 0) is 52.9 Å². The lowest BCUT2D eigenvalue weighted by atomic mass is 9.98. The average molecular weight is 333 g/mol. The van der Waals surface area contributed by atoms with Crippen LogP contribution in [-0.4, -0.2) is 35.6 Å². The maximum absolute atomic E-state index is 12.4. The number of likely N-dealkylation sites (tertiary alicyclic amines) is 1. The highest BCUT2D eigenvalue weighted by atomic mass is 79.9. The van der Waals surface area contributed by atoms with Gasteiger partial charge in [0.15, 0.2) is 0 Å². The minimum absolute atomic E-state index is 0.0254. The number of carbonyl (C=O) groups is 1. The molecule has 0 radical (unpaired) electrons. The van der Waals surface area contributed by atoms with Crippen molar-refractivity contribution in [2.75, 3.05) is 19.7 Å². The third kappa shape index (κ3) is 3.05. The highest BCUT2D eigenvalue weighted by molar-refractivity contribution is 9.10. The van der Waals surface area contributed by atoms with E-state index in [-0.39, 0.29) is 18.4 Å². The zero-order chi connectivity index (χ0) is 13.1. The highest BCUT2D eigenvalue weighted by Crippen LogP contribution is 2.25. The molecule has 1 saturated heterocycles. The maximum atomic E-state index is 12.4. The summed E-state index contributed by atoms with van der Waals surface area (Å²) in [4.78, 5) is 14.2. The van der Waals surface area contributed by atoms with Crippen molar-refractivity contribution in [2.24, 2.45) is 5.92 Å². The molecule has 1 aliphatic rings. The number of nitrogens with zero attached hydrogens (tertiary/aromatic N) is 1. The molecule has 1 aromatic rings. The second-order valence-corrected chi connectivity index (χ2v) is 5.86. The number of halogens is 2. The van der Waals surface area contributed by atoms with Gasteiger partial charge in [0, 0.05) is 29.2 Å². The van der Waals surface area contributed by atoms with E-state index >= 15 is 0 Å². The first-order chi connectivity index (χ1) is 8.61. The van der Waals surface area contributed by atoms with Gasteiger partial charge < -0.3 is 10.0 Å². The van der Waals surface area contributed by atoms with E-state index in [9.17, 15) is 9.90 Å². The topological polar surface area (TPSA) is 40.5 Å². The molecule has 0 saturated carbocycles. The number of hydrogen-bond acceptors (Lipinski definition) is 2. The zero-order valence-corrected chi connectivity index (χ0v) is 12.2. The van der Waals surface area contributed by atoms with Crippen LogP contribution in [0.5, 0.6) is 0 Å². The molecule has 1 N–H and O–H groups in total. The van der Waals surface area contributed by atoms with Gasteiger partial charge in [0.2, 0.25) is 0 Å². The largest absolute Gasteiger partial charge is 0.396 e. The Kier molecular flexibility index (Phi) is 4.65. The van der Waals surface area contributed by atoms with Crippen molar-refractivity contribution >= 4 is 33.4 Å². The summed E-state index contributed by atoms with van der Waals surface area (Å²) in [6, 6.07) is 5.20. The summed E-state index contributed by atoms with van der Waals surface area (Å²) < 4.78 is 0.753. The molecule has 1 unspecified atom stereocenters. The molecule has 1 aromatic carbocycles. The van der Waals surface area contributed by atoms with Crippen LogP contribution in [0.1, 0.15) is 23.2 Å². The van der Waals surface area contributed by atoms with Gasteiger partial charge in [-0.1, -0.05) is 11.6 Å². The van der Waals surface area contributed by atoms with E-state index in [1.165, 1.54) is 0 Å². The summed E-state index contributed by atoms with van der Waals surface area (Å²) in [5.74, 6) is 0.170. The SMILES string of the molecule is O=C(c1cc(Cl)ccc1Br)N1CCCC(CO)C1. The van der Waals surface area contributed by atoms with Crippen LogP contribution in [0.4, 0.5) is 0 Å². The van der Waals surface area contributed by atoms with Crippen LogP contribution >= 0.6 is 27.5 Å². The fourth-order valence-electron chi connectivity index (χ4n) is 2.23. The molecule has 2 rings (SSSR count). The van der Waals surface area contributed by atoms with Crippen LogP contribution in [0.3, 0.4) is 0 Å². The van der Waals surface area contributed by atoms with Crippen molar-refractivity contribution < 1.29 is 9.90 Å². The predicted molar refractivity (Wildman–Crippen MR) is 74.9 cm³/mol. The van der Waals surface area contributed by atoms with Gasteiger partial charge in [-0.15, -0.1) is 0 Å². The summed E-state index contributed by atoms with van der Waals surface area (Å²) >= 11 is 9.30. The standard InChI is InChI=1S/C13H15BrClNO2/c14-12-4-3-10(15)6-11(12)13(18)16-5-1-2-9(7-16)8-17/h3-4,6,9,17H,1-2,5,7-8H2. The fraction of sp³-hybridized carbons (Fsp3) is 0.462.